The van der Waals surface area contributed by atoms with Crippen molar-refractivity contribution in [1.29, 1.82) is 5.26 Å². The Morgan fingerprint density at radius 1 is 1.24 bits per heavy atom. The highest BCUT2D eigenvalue weighted by molar-refractivity contribution is 5.97. The van der Waals surface area contributed by atoms with Gasteiger partial charge in [0.05, 0.1) is 31.5 Å². The molecule has 0 saturated carbocycles. The highest BCUT2D eigenvalue weighted by Gasteiger charge is 2.39. The first-order valence-corrected chi connectivity index (χ1v) is 13.4. The zero-order valence-corrected chi connectivity index (χ0v) is 23.6. The van der Waals surface area contributed by atoms with Crippen molar-refractivity contribution in [2.24, 2.45) is 0 Å². The van der Waals surface area contributed by atoms with Crippen LogP contribution < -0.4 is 16.0 Å². The number of hydrogen-bond acceptors (Lipinski definition) is 10. The standard InChI is InChI=1S/C27H35N9O5/c1-26(2,3)41-25(39)30-11-6-5-7-20(23(37)40-4)34-24(38)35-12-8-19-21(31-17-32-22(19)35)18-13-33-36(14-18)27(9-10-28)15-29-16-27/h8,12-14,17,20,29H,5-7,9,11,15-16H2,1-4H3,(H,30,39)(H,34,38). The lowest BCUT2D eigenvalue weighted by molar-refractivity contribution is -0.143. The molecule has 0 radical (unpaired) electrons. The highest BCUT2D eigenvalue weighted by atomic mass is 16.6. The highest BCUT2D eigenvalue weighted by Crippen LogP contribution is 2.30. The van der Waals surface area contributed by atoms with E-state index in [1.54, 1.807) is 43.9 Å². The van der Waals surface area contributed by atoms with E-state index in [0.29, 0.717) is 62.0 Å². The minimum atomic E-state index is -0.890. The molecule has 4 heterocycles. The number of nitriles is 1. The van der Waals surface area contributed by atoms with Gasteiger partial charge in [0, 0.05) is 43.0 Å². The Labute approximate surface area is 237 Å². The topological polar surface area (TPSA) is 178 Å². The zero-order chi connectivity index (χ0) is 29.6. The second-order valence-corrected chi connectivity index (χ2v) is 10.9. The third-order valence-corrected chi connectivity index (χ3v) is 6.73. The average molecular weight is 566 g/mol. The van der Waals surface area contributed by atoms with E-state index in [0.717, 1.165) is 5.56 Å². The summed E-state index contributed by atoms with van der Waals surface area (Å²) < 4.78 is 13.2. The molecule has 4 rings (SSSR count). The van der Waals surface area contributed by atoms with Crippen LogP contribution >= 0.6 is 0 Å². The van der Waals surface area contributed by atoms with Crippen LogP contribution in [-0.4, -0.2) is 80.8 Å². The van der Waals surface area contributed by atoms with Crippen LogP contribution in [0.5, 0.6) is 0 Å². The van der Waals surface area contributed by atoms with Gasteiger partial charge in [0.2, 0.25) is 0 Å². The monoisotopic (exact) mass is 565 g/mol. The van der Waals surface area contributed by atoms with Gasteiger partial charge in [-0.15, -0.1) is 0 Å². The molecule has 1 aliphatic heterocycles. The number of fused-ring (bicyclic) bond motifs is 1. The molecule has 0 aromatic carbocycles. The summed E-state index contributed by atoms with van der Waals surface area (Å²) >= 11 is 0. The van der Waals surface area contributed by atoms with Gasteiger partial charge in [0.15, 0.2) is 5.65 Å². The molecule has 1 unspecified atom stereocenters. The van der Waals surface area contributed by atoms with Gasteiger partial charge < -0.3 is 25.4 Å². The van der Waals surface area contributed by atoms with Crippen molar-refractivity contribution in [3.05, 3.63) is 31.0 Å². The number of carbonyl (C=O) groups is 3. The molecule has 0 aliphatic carbocycles. The molecule has 1 saturated heterocycles. The number of nitrogens with zero attached hydrogens (tertiary/aromatic N) is 6. The SMILES string of the molecule is COC(=O)C(CCCCNC(=O)OC(C)(C)C)NC(=O)n1ccc2c(-c3cnn(C4(CC#N)CNC4)c3)ncnc21. The lowest BCUT2D eigenvalue weighted by Crippen LogP contribution is -2.60. The van der Waals surface area contributed by atoms with Crippen LogP contribution in [0.25, 0.3) is 22.3 Å². The zero-order valence-electron chi connectivity index (χ0n) is 23.6. The van der Waals surface area contributed by atoms with Crippen LogP contribution in [0.4, 0.5) is 9.59 Å². The molecule has 1 fully saturated rings. The third-order valence-electron chi connectivity index (χ3n) is 6.73. The molecule has 41 heavy (non-hydrogen) atoms. The van der Waals surface area contributed by atoms with Gasteiger partial charge in [-0.05, 0) is 46.1 Å². The first-order chi connectivity index (χ1) is 19.6. The molecular weight excluding hydrogens is 530 g/mol. The quantitative estimate of drug-likeness (QED) is 0.244. The maximum absolute atomic E-state index is 13.2. The molecule has 1 atom stereocenters. The molecular formula is C27H35N9O5. The van der Waals surface area contributed by atoms with E-state index in [1.165, 1.54) is 18.0 Å². The number of hydrogen-bond donors (Lipinski definition) is 3. The normalized spacial score (nSPS) is 14.9. The van der Waals surface area contributed by atoms with E-state index in [-0.39, 0.29) is 5.54 Å². The molecule has 3 aromatic heterocycles. The summed E-state index contributed by atoms with van der Waals surface area (Å²) in [7, 11) is 1.26. The van der Waals surface area contributed by atoms with Crippen molar-refractivity contribution >= 4 is 29.1 Å². The first kappa shape index (κ1) is 29.5. The van der Waals surface area contributed by atoms with Crippen LogP contribution in [-0.2, 0) is 19.8 Å². The maximum Gasteiger partial charge on any atom is 0.407 e. The van der Waals surface area contributed by atoms with Crippen molar-refractivity contribution < 1.29 is 23.9 Å². The van der Waals surface area contributed by atoms with E-state index in [1.807, 2.05) is 6.20 Å². The number of ether oxygens (including phenoxy) is 2. The Kier molecular flexibility index (Phi) is 8.87. The molecule has 3 aromatic rings. The van der Waals surface area contributed by atoms with Crippen molar-refractivity contribution in [2.45, 2.75) is 63.6 Å². The average Bonchev–Trinajstić information content (AvgIpc) is 3.56. The van der Waals surface area contributed by atoms with Crippen molar-refractivity contribution in [1.82, 2.24) is 40.3 Å². The second kappa shape index (κ2) is 12.3. The molecule has 218 valence electrons. The Balaban J connectivity index is 1.42. The fourth-order valence-electron chi connectivity index (χ4n) is 4.57. The number of amides is 2. The molecule has 1 aliphatic rings. The van der Waals surface area contributed by atoms with Gasteiger partial charge in [0.25, 0.3) is 0 Å². The summed E-state index contributed by atoms with van der Waals surface area (Å²) in [6.07, 6.45) is 7.71. The Morgan fingerprint density at radius 3 is 2.68 bits per heavy atom. The van der Waals surface area contributed by atoms with Crippen molar-refractivity contribution in [2.75, 3.05) is 26.7 Å². The Bertz CT molecular complexity index is 1450. The predicted molar refractivity (Wildman–Crippen MR) is 148 cm³/mol. The van der Waals surface area contributed by atoms with Gasteiger partial charge in [-0.3, -0.25) is 9.25 Å². The number of alkyl carbamates (subject to hydrolysis) is 1. The predicted octanol–water partition coefficient (Wildman–Crippen LogP) is 2.30. The minimum absolute atomic E-state index is 0.312. The molecule has 0 spiro atoms. The summed E-state index contributed by atoms with van der Waals surface area (Å²) in [6.45, 7) is 7.02. The fourth-order valence-corrected chi connectivity index (χ4v) is 4.57. The van der Waals surface area contributed by atoms with Gasteiger partial charge in [-0.2, -0.15) is 10.4 Å². The van der Waals surface area contributed by atoms with Gasteiger partial charge >= 0.3 is 18.1 Å². The van der Waals surface area contributed by atoms with E-state index < -0.39 is 29.7 Å². The van der Waals surface area contributed by atoms with Gasteiger partial charge in [-0.25, -0.2) is 24.4 Å². The fraction of sp³-hybridized carbons (Fsp3) is 0.519. The smallest absolute Gasteiger partial charge is 0.407 e. The summed E-state index contributed by atoms with van der Waals surface area (Å²) in [5.41, 5.74) is 0.707. The third kappa shape index (κ3) is 6.80. The van der Waals surface area contributed by atoms with Crippen LogP contribution in [0, 0.1) is 11.3 Å². The molecule has 2 amide bonds. The molecule has 0 bridgehead atoms. The first-order valence-electron chi connectivity index (χ1n) is 13.4. The summed E-state index contributed by atoms with van der Waals surface area (Å²) in [6, 6.07) is 2.53. The van der Waals surface area contributed by atoms with E-state index in [2.05, 4.69) is 37.1 Å². The number of unbranched alkanes of at least 4 members (excludes halogenated alkanes) is 1. The number of methoxy groups -OCH3 is 1. The summed E-state index contributed by atoms with van der Waals surface area (Å²) in [4.78, 5) is 46.2. The number of carbonyl (C=O) groups excluding carboxylic acids is 3. The largest absolute Gasteiger partial charge is 0.467 e. The van der Waals surface area contributed by atoms with E-state index >= 15 is 0 Å². The number of nitrogens with one attached hydrogen (secondary N) is 3. The van der Waals surface area contributed by atoms with Crippen LogP contribution in [0.15, 0.2) is 31.0 Å². The molecule has 14 heteroatoms. The molecule has 3 N–H and O–H groups in total. The van der Waals surface area contributed by atoms with Crippen LogP contribution in [0.1, 0.15) is 46.5 Å². The molecule has 14 nitrogen and oxygen atoms in total. The van der Waals surface area contributed by atoms with E-state index in [9.17, 15) is 19.6 Å². The Hall–Kier alpha value is -4.51. The van der Waals surface area contributed by atoms with Crippen molar-refractivity contribution in [3.63, 3.8) is 0 Å². The number of aromatic nitrogens is 5. The van der Waals surface area contributed by atoms with Crippen LogP contribution in [0.3, 0.4) is 0 Å². The number of rotatable bonds is 10. The summed E-state index contributed by atoms with van der Waals surface area (Å²) in [5.74, 6) is -0.575. The number of esters is 1. The van der Waals surface area contributed by atoms with Crippen LogP contribution in [0.2, 0.25) is 0 Å². The van der Waals surface area contributed by atoms with Crippen molar-refractivity contribution in [3.8, 4) is 17.3 Å². The second-order valence-electron chi connectivity index (χ2n) is 10.9. The van der Waals surface area contributed by atoms with Gasteiger partial charge in [-0.1, -0.05) is 0 Å². The lowest BCUT2D eigenvalue weighted by Gasteiger charge is -2.41. The Morgan fingerprint density at radius 2 is 2.02 bits per heavy atom. The summed E-state index contributed by atoms with van der Waals surface area (Å²) in [5, 5.41) is 23.0. The lowest BCUT2D eigenvalue weighted by atomic mass is 9.89. The maximum atomic E-state index is 13.2. The van der Waals surface area contributed by atoms with Gasteiger partial charge in [0.1, 0.15) is 23.5 Å². The van der Waals surface area contributed by atoms with E-state index in [4.69, 9.17) is 9.47 Å². The minimum Gasteiger partial charge on any atom is -0.467 e.